The molecule has 0 aliphatic carbocycles. The van der Waals surface area contributed by atoms with E-state index in [2.05, 4.69) is 25.0 Å². The number of nitrogens with zero attached hydrogens (tertiary/aromatic N) is 5. The summed E-state index contributed by atoms with van der Waals surface area (Å²) >= 11 is 1.03. The molecule has 0 spiro atoms. The van der Waals surface area contributed by atoms with Crippen LogP contribution in [-0.4, -0.2) is 36.0 Å². The van der Waals surface area contributed by atoms with Crippen LogP contribution in [0.15, 0.2) is 60.7 Å². The van der Waals surface area contributed by atoms with Crippen molar-refractivity contribution in [2.24, 2.45) is 0 Å². The number of anilines is 1. The van der Waals surface area contributed by atoms with E-state index in [0.717, 1.165) is 22.7 Å². The van der Waals surface area contributed by atoms with Crippen LogP contribution in [0.3, 0.4) is 0 Å². The van der Waals surface area contributed by atoms with Gasteiger partial charge in [0.05, 0.1) is 13.0 Å². The number of hydrogen-bond acceptors (Lipinski definition) is 7. The van der Waals surface area contributed by atoms with Crippen molar-refractivity contribution in [1.29, 1.82) is 0 Å². The smallest absolute Gasteiger partial charge is 0.280 e. The van der Waals surface area contributed by atoms with E-state index in [1.54, 1.807) is 4.68 Å². The molecule has 0 bridgehead atoms. The molecule has 2 aromatic carbocycles. The summed E-state index contributed by atoms with van der Waals surface area (Å²) in [5.74, 6) is -0.0848. The Hall–Kier alpha value is -3.72. The summed E-state index contributed by atoms with van der Waals surface area (Å²) in [6, 6.07) is 19.4. The summed E-state index contributed by atoms with van der Waals surface area (Å²) in [5, 5.41) is 11.4. The van der Waals surface area contributed by atoms with E-state index >= 15 is 0 Å². The van der Waals surface area contributed by atoms with Crippen molar-refractivity contribution in [2.75, 3.05) is 5.32 Å². The highest BCUT2D eigenvalue weighted by atomic mass is 32.1. The molecule has 4 rings (SSSR count). The summed E-state index contributed by atoms with van der Waals surface area (Å²) in [6.45, 7) is 1.95. The quantitative estimate of drug-likeness (QED) is 0.494. The second-order valence-electron chi connectivity index (χ2n) is 6.64. The van der Waals surface area contributed by atoms with Crippen molar-refractivity contribution in [1.82, 2.24) is 24.4 Å². The monoisotopic (exact) mass is 418 g/mol. The predicted molar refractivity (Wildman–Crippen MR) is 113 cm³/mol. The average molecular weight is 418 g/mol. The molecule has 0 aliphatic rings. The number of benzene rings is 2. The van der Waals surface area contributed by atoms with Crippen molar-refractivity contribution in [3.05, 3.63) is 77.7 Å². The summed E-state index contributed by atoms with van der Waals surface area (Å²) in [7, 11) is 0. The molecule has 0 radical (unpaired) electrons. The Morgan fingerprint density at radius 3 is 2.43 bits per heavy atom. The predicted octanol–water partition coefficient (Wildman–Crippen LogP) is 3.23. The molecule has 0 atom stereocenters. The Labute approximate surface area is 176 Å². The molecule has 0 aliphatic heterocycles. The molecule has 0 fully saturated rings. The molecule has 1 N–H and O–H groups in total. The van der Waals surface area contributed by atoms with Crippen molar-refractivity contribution >= 4 is 28.4 Å². The number of nitrogens with one attached hydrogen (secondary N) is 1. The van der Waals surface area contributed by atoms with Crippen LogP contribution in [0.5, 0.6) is 0 Å². The zero-order valence-corrected chi connectivity index (χ0v) is 17.0. The number of aromatic nitrogens is 5. The highest BCUT2D eigenvalue weighted by Crippen LogP contribution is 2.24. The van der Waals surface area contributed by atoms with Crippen molar-refractivity contribution in [2.45, 2.75) is 19.9 Å². The van der Waals surface area contributed by atoms with Crippen molar-refractivity contribution in [3.63, 3.8) is 0 Å². The minimum absolute atomic E-state index is 0.0408. The Morgan fingerprint density at radius 1 is 1.03 bits per heavy atom. The normalized spacial score (nSPS) is 10.7. The summed E-state index contributed by atoms with van der Waals surface area (Å²) in [5.41, 5.74) is 2.69. The highest BCUT2D eigenvalue weighted by molar-refractivity contribution is 7.09. The van der Waals surface area contributed by atoms with Crippen LogP contribution in [0.1, 0.15) is 28.8 Å². The fourth-order valence-corrected chi connectivity index (χ4v) is 3.55. The number of carbonyl (C=O) groups excluding carboxylic acids is 2. The van der Waals surface area contributed by atoms with Gasteiger partial charge in [0, 0.05) is 17.1 Å². The van der Waals surface area contributed by atoms with Crippen LogP contribution in [0.4, 0.5) is 5.13 Å². The standard InChI is InChI=1S/C21H18N6O2S/c1-14(28)12-17-22-21(30-25-17)23-20(29)18-19(16-10-6-3-7-11-16)27(26-24-18)13-15-8-4-2-5-9-15/h2-11H,12-13H2,1H3,(H,22,23,25,29). The molecular formula is C21H18N6O2S. The lowest BCUT2D eigenvalue weighted by Crippen LogP contribution is -2.14. The first-order valence-electron chi connectivity index (χ1n) is 9.26. The van der Waals surface area contributed by atoms with Gasteiger partial charge in [-0.1, -0.05) is 65.9 Å². The Morgan fingerprint density at radius 2 is 1.73 bits per heavy atom. The molecule has 30 heavy (non-hydrogen) atoms. The molecule has 0 saturated carbocycles. The number of hydrogen-bond donors (Lipinski definition) is 1. The van der Waals surface area contributed by atoms with Crippen molar-refractivity contribution < 1.29 is 9.59 Å². The van der Waals surface area contributed by atoms with E-state index < -0.39 is 5.91 Å². The number of carbonyl (C=O) groups is 2. The van der Waals surface area contributed by atoms with Gasteiger partial charge >= 0.3 is 0 Å². The lowest BCUT2D eigenvalue weighted by molar-refractivity contribution is -0.116. The Kier molecular flexibility index (Phi) is 5.71. The van der Waals surface area contributed by atoms with Gasteiger partial charge in [0.15, 0.2) is 11.5 Å². The molecule has 9 heteroatoms. The zero-order chi connectivity index (χ0) is 20.9. The van der Waals surface area contributed by atoms with E-state index in [9.17, 15) is 9.59 Å². The summed E-state index contributed by atoms with van der Waals surface area (Å²) in [4.78, 5) is 28.4. The van der Waals surface area contributed by atoms with Crippen LogP contribution >= 0.6 is 11.5 Å². The molecule has 2 aromatic heterocycles. The highest BCUT2D eigenvalue weighted by Gasteiger charge is 2.22. The van der Waals surface area contributed by atoms with Gasteiger partial charge in [-0.05, 0) is 12.5 Å². The first kappa shape index (κ1) is 19.6. The van der Waals surface area contributed by atoms with E-state index in [4.69, 9.17) is 0 Å². The average Bonchev–Trinajstić information content (AvgIpc) is 3.36. The van der Waals surface area contributed by atoms with Gasteiger partial charge in [-0.3, -0.25) is 14.9 Å². The van der Waals surface area contributed by atoms with Gasteiger partial charge in [-0.2, -0.15) is 4.37 Å². The number of amides is 1. The Balaban J connectivity index is 1.64. The van der Waals surface area contributed by atoms with Crippen LogP contribution in [0.25, 0.3) is 11.3 Å². The van der Waals surface area contributed by atoms with Gasteiger partial charge in [0.2, 0.25) is 5.13 Å². The summed E-state index contributed by atoms with van der Waals surface area (Å²) in [6.07, 6.45) is 0.134. The first-order chi connectivity index (χ1) is 14.6. The van der Waals surface area contributed by atoms with Gasteiger partial charge in [-0.15, -0.1) is 5.10 Å². The third kappa shape index (κ3) is 4.47. The van der Waals surface area contributed by atoms with E-state index in [-0.39, 0.29) is 17.9 Å². The maximum Gasteiger partial charge on any atom is 0.280 e. The molecular weight excluding hydrogens is 400 g/mol. The zero-order valence-electron chi connectivity index (χ0n) is 16.1. The van der Waals surface area contributed by atoms with Gasteiger partial charge < -0.3 is 0 Å². The third-order valence-electron chi connectivity index (χ3n) is 4.27. The summed E-state index contributed by atoms with van der Waals surface area (Å²) < 4.78 is 5.81. The molecule has 1 amide bonds. The SMILES string of the molecule is CC(=O)Cc1nsc(NC(=O)c2nnn(Cc3ccccc3)c2-c2ccccc2)n1. The maximum atomic E-state index is 13.0. The maximum absolute atomic E-state index is 13.0. The van der Waals surface area contributed by atoms with E-state index in [1.807, 2.05) is 60.7 Å². The second-order valence-corrected chi connectivity index (χ2v) is 7.40. The lowest BCUT2D eigenvalue weighted by atomic mass is 10.1. The first-order valence-corrected chi connectivity index (χ1v) is 10.0. The lowest BCUT2D eigenvalue weighted by Gasteiger charge is -2.08. The molecule has 0 saturated heterocycles. The number of rotatable bonds is 7. The molecule has 2 heterocycles. The number of ketones is 1. The van der Waals surface area contributed by atoms with Gasteiger partial charge in [0.25, 0.3) is 5.91 Å². The fourth-order valence-electron chi connectivity index (χ4n) is 2.97. The largest absolute Gasteiger partial charge is 0.300 e. The topological polar surface area (TPSA) is 103 Å². The van der Waals surface area contributed by atoms with Crippen LogP contribution in [0, 0.1) is 0 Å². The van der Waals surface area contributed by atoms with Gasteiger partial charge in [-0.25, -0.2) is 9.67 Å². The number of Topliss-reactive ketones (excluding diaryl/α,β-unsaturated/α-hetero) is 1. The van der Waals surface area contributed by atoms with Crippen LogP contribution in [0.2, 0.25) is 0 Å². The van der Waals surface area contributed by atoms with Gasteiger partial charge in [0.1, 0.15) is 11.5 Å². The molecule has 0 unspecified atom stereocenters. The fraction of sp³-hybridized carbons (Fsp3) is 0.143. The molecule has 8 nitrogen and oxygen atoms in total. The second kappa shape index (κ2) is 8.75. The third-order valence-corrected chi connectivity index (χ3v) is 4.94. The van der Waals surface area contributed by atoms with E-state index in [0.29, 0.717) is 23.2 Å². The minimum atomic E-state index is -0.432. The van der Waals surface area contributed by atoms with Crippen LogP contribution < -0.4 is 5.32 Å². The minimum Gasteiger partial charge on any atom is -0.300 e. The molecule has 150 valence electrons. The molecule has 4 aromatic rings. The Bertz CT molecular complexity index is 1170. The van der Waals surface area contributed by atoms with E-state index in [1.165, 1.54) is 6.92 Å². The van der Waals surface area contributed by atoms with Crippen molar-refractivity contribution in [3.8, 4) is 11.3 Å². The van der Waals surface area contributed by atoms with Crippen LogP contribution in [-0.2, 0) is 17.8 Å².